The van der Waals surface area contributed by atoms with E-state index >= 15 is 0 Å². The van der Waals surface area contributed by atoms with Gasteiger partial charge in [-0.05, 0) is 36.6 Å². The molecule has 1 aromatic heterocycles. The van der Waals surface area contributed by atoms with Crippen LogP contribution in [0.4, 0.5) is 5.95 Å². The number of rotatable bonds is 7. The second-order valence-electron chi connectivity index (χ2n) is 6.60. The number of fused-ring (bicyclic) bond motifs is 1. The highest BCUT2D eigenvalue weighted by Crippen LogP contribution is 2.14. The number of H-pyrrole nitrogens is 1. The molecule has 6 nitrogen and oxygen atoms in total. The molecule has 0 fully saturated rings. The molecule has 3 aromatic rings. The first-order chi connectivity index (χ1) is 13.1. The maximum absolute atomic E-state index is 12.6. The summed E-state index contributed by atoms with van der Waals surface area (Å²) in [6, 6.07) is 14.7. The fourth-order valence-electron chi connectivity index (χ4n) is 3.00. The summed E-state index contributed by atoms with van der Waals surface area (Å²) in [6.07, 6.45) is 1.60. The van der Waals surface area contributed by atoms with Crippen molar-refractivity contribution in [3.63, 3.8) is 0 Å². The van der Waals surface area contributed by atoms with Crippen molar-refractivity contribution in [3.8, 4) is 0 Å². The second kappa shape index (κ2) is 8.49. The molecule has 0 aliphatic rings. The van der Waals surface area contributed by atoms with Crippen LogP contribution in [-0.2, 0) is 16.0 Å². The molecule has 0 unspecified atom stereocenters. The number of carbonyl (C=O) groups excluding carboxylic acids is 2. The van der Waals surface area contributed by atoms with E-state index in [9.17, 15) is 9.59 Å². The molecule has 0 aliphatic carbocycles. The zero-order chi connectivity index (χ0) is 19.2. The summed E-state index contributed by atoms with van der Waals surface area (Å²) in [6.45, 7) is 3.95. The number of amides is 2. The van der Waals surface area contributed by atoms with Crippen LogP contribution in [0.2, 0.25) is 0 Å². The number of carbonyl (C=O) groups is 2. The lowest BCUT2D eigenvalue weighted by Crippen LogP contribution is -2.44. The smallest absolute Gasteiger partial charge is 0.249 e. The third-order valence-electron chi connectivity index (χ3n) is 4.47. The first-order valence-corrected chi connectivity index (χ1v) is 9.16. The van der Waals surface area contributed by atoms with E-state index in [0.29, 0.717) is 12.4 Å². The molecule has 0 saturated carbocycles. The van der Waals surface area contributed by atoms with Gasteiger partial charge in [0.2, 0.25) is 17.8 Å². The molecular weight excluding hydrogens is 340 g/mol. The standard InChI is InChI=1S/C21H24N4O2/c1-3-8-18(22-19(26)13-15-10-5-4-9-14(15)2)20(27)25-21-23-16-11-6-7-12-17(16)24-21/h4-7,9-12,18H,3,8,13H2,1-2H3,(H,22,26)(H2,23,24,25,27)/t18-/m0/s1. The van der Waals surface area contributed by atoms with E-state index < -0.39 is 6.04 Å². The van der Waals surface area contributed by atoms with Crippen LogP contribution in [0.1, 0.15) is 30.9 Å². The van der Waals surface area contributed by atoms with Crippen LogP contribution < -0.4 is 10.6 Å². The molecule has 3 N–H and O–H groups in total. The first kappa shape index (κ1) is 18.6. The van der Waals surface area contributed by atoms with Crippen molar-refractivity contribution in [2.45, 2.75) is 39.2 Å². The number of para-hydroxylation sites is 2. The van der Waals surface area contributed by atoms with Gasteiger partial charge >= 0.3 is 0 Å². The van der Waals surface area contributed by atoms with E-state index in [0.717, 1.165) is 28.6 Å². The molecule has 27 heavy (non-hydrogen) atoms. The van der Waals surface area contributed by atoms with E-state index in [1.54, 1.807) is 0 Å². The normalized spacial score (nSPS) is 11.9. The maximum Gasteiger partial charge on any atom is 0.249 e. The van der Waals surface area contributed by atoms with Gasteiger partial charge in [-0.25, -0.2) is 4.98 Å². The Labute approximate surface area is 158 Å². The molecule has 1 atom stereocenters. The largest absolute Gasteiger partial charge is 0.344 e. The average Bonchev–Trinajstić information content (AvgIpc) is 3.05. The Kier molecular flexibility index (Phi) is 5.86. The predicted molar refractivity (Wildman–Crippen MR) is 106 cm³/mol. The van der Waals surface area contributed by atoms with Gasteiger partial charge in [0.15, 0.2) is 0 Å². The number of anilines is 1. The van der Waals surface area contributed by atoms with Crippen LogP contribution in [0, 0.1) is 6.92 Å². The molecule has 0 spiro atoms. The summed E-state index contributed by atoms with van der Waals surface area (Å²) in [5.74, 6) is -0.0491. The van der Waals surface area contributed by atoms with Crippen molar-refractivity contribution < 1.29 is 9.59 Å². The monoisotopic (exact) mass is 364 g/mol. The van der Waals surface area contributed by atoms with Crippen LogP contribution in [0.25, 0.3) is 11.0 Å². The molecule has 3 rings (SSSR count). The molecule has 0 bridgehead atoms. The molecule has 0 saturated heterocycles. The van der Waals surface area contributed by atoms with Crippen LogP contribution in [-0.4, -0.2) is 27.8 Å². The molecule has 0 aliphatic heterocycles. The third kappa shape index (κ3) is 4.73. The highest BCUT2D eigenvalue weighted by Gasteiger charge is 2.21. The van der Waals surface area contributed by atoms with Gasteiger partial charge < -0.3 is 10.3 Å². The fraction of sp³-hybridized carbons (Fsp3) is 0.286. The molecule has 140 valence electrons. The minimum absolute atomic E-state index is 0.164. The zero-order valence-electron chi connectivity index (χ0n) is 15.6. The molecule has 6 heteroatoms. The topological polar surface area (TPSA) is 86.9 Å². The first-order valence-electron chi connectivity index (χ1n) is 9.16. The SMILES string of the molecule is CCC[C@H](NC(=O)Cc1ccccc1C)C(=O)Nc1nc2ccccc2[nH]1. The van der Waals surface area contributed by atoms with Crippen LogP contribution >= 0.6 is 0 Å². The summed E-state index contributed by atoms with van der Waals surface area (Å²) in [5, 5.41) is 5.63. The van der Waals surface area contributed by atoms with Crippen molar-refractivity contribution in [2.75, 3.05) is 5.32 Å². The van der Waals surface area contributed by atoms with Crippen molar-refractivity contribution in [1.82, 2.24) is 15.3 Å². The lowest BCUT2D eigenvalue weighted by atomic mass is 10.0. The van der Waals surface area contributed by atoms with Crippen molar-refractivity contribution in [2.24, 2.45) is 0 Å². The summed E-state index contributed by atoms with van der Waals surface area (Å²) in [5.41, 5.74) is 3.65. The minimum atomic E-state index is -0.597. The maximum atomic E-state index is 12.6. The Morgan fingerprint density at radius 3 is 2.59 bits per heavy atom. The van der Waals surface area contributed by atoms with Gasteiger partial charge in [-0.2, -0.15) is 0 Å². The Morgan fingerprint density at radius 2 is 1.85 bits per heavy atom. The van der Waals surface area contributed by atoms with Gasteiger partial charge in [0.1, 0.15) is 6.04 Å². The summed E-state index contributed by atoms with van der Waals surface area (Å²) in [4.78, 5) is 32.5. The van der Waals surface area contributed by atoms with E-state index in [1.807, 2.05) is 62.4 Å². The van der Waals surface area contributed by atoms with E-state index in [1.165, 1.54) is 0 Å². The van der Waals surface area contributed by atoms with Crippen molar-refractivity contribution in [3.05, 3.63) is 59.7 Å². The Hall–Kier alpha value is -3.15. The van der Waals surface area contributed by atoms with Gasteiger partial charge in [-0.3, -0.25) is 14.9 Å². The van der Waals surface area contributed by atoms with Gasteiger partial charge in [0.25, 0.3) is 0 Å². The number of nitrogens with zero attached hydrogens (tertiary/aromatic N) is 1. The van der Waals surface area contributed by atoms with Crippen LogP contribution in [0.15, 0.2) is 48.5 Å². The number of aryl methyl sites for hydroxylation is 1. The molecule has 2 amide bonds. The van der Waals surface area contributed by atoms with E-state index in [-0.39, 0.29) is 18.2 Å². The molecular formula is C21H24N4O2. The van der Waals surface area contributed by atoms with Gasteiger partial charge in [-0.15, -0.1) is 0 Å². The van der Waals surface area contributed by atoms with E-state index in [2.05, 4.69) is 20.6 Å². The Balaban J connectivity index is 1.65. The average molecular weight is 364 g/mol. The van der Waals surface area contributed by atoms with E-state index in [4.69, 9.17) is 0 Å². The second-order valence-corrected chi connectivity index (χ2v) is 6.60. The quantitative estimate of drug-likeness (QED) is 0.601. The lowest BCUT2D eigenvalue weighted by molar-refractivity contribution is -0.126. The van der Waals surface area contributed by atoms with Crippen LogP contribution in [0.3, 0.4) is 0 Å². The summed E-state index contributed by atoms with van der Waals surface area (Å²) >= 11 is 0. The van der Waals surface area contributed by atoms with Gasteiger partial charge in [0.05, 0.1) is 17.5 Å². The Bertz CT molecular complexity index is 915. The lowest BCUT2D eigenvalue weighted by Gasteiger charge is -2.17. The third-order valence-corrected chi connectivity index (χ3v) is 4.47. The number of hydrogen-bond donors (Lipinski definition) is 3. The number of nitrogens with one attached hydrogen (secondary N) is 3. The van der Waals surface area contributed by atoms with Crippen LogP contribution in [0.5, 0.6) is 0 Å². The number of aromatic nitrogens is 2. The number of aromatic amines is 1. The summed E-state index contributed by atoms with van der Waals surface area (Å²) < 4.78 is 0. The number of imidazole rings is 1. The molecule has 2 aromatic carbocycles. The summed E-state index contributed by atoms with van der Waals surface area (Å²) in [7, 11) is 0. The fourth-order valence-corrected chi connectivity index (χ4v) is 3.00. The number of benzene rings is 2. The van der Waals surface area contributed by atoms with Crippen molar-refractivity contribution in [1.29, 1.82) is 0 Å². The zero-order valence-corrected chi connectivity index (χ0v) is 15.6. The van der Waals surface area contributed by atoms with Gasteiger partial charge in [0, 0.05) is 0 Å². The Morgan fingerprint density at radius 1 is 1.11 bits per heavy atom. The molecule has 1 heterocycles. The minimum Gasteiger partial charge on any atom is -0.344 e. The number of hydrogen-bond acceptors (Lipinski definition) is 3. The highest BCUT2D eigenvalue weighted by atomic mass is 16.2. The molecule has 0 radical (unpaired) electrons. The van der Waals surface area contributed by atoms with Gasteiger partial charge in [-0.1, -0.05) is 49.7 Å². The highest BCUT2D eigenvalue weighted by molar-refractivity contribution is 5.97. The predicted octanol–water partition coefficient (Wildman–Crippen LogP) is 3.34. The van der Waals surface area contributed by atoms with Crippen molar-refractivity contribution >= 4 is 28.8 Å².